The molecule has 1 heterocycles. The van der Waals surface area contributed by atoms with Gasteiger partial charge in [0.25, 0.3) is 5.91 Å². The number of halogens is 3. The van der Waals surface area contributed by atoms with Gasteiger partial charge in [0.05, 0.1) is 40.0 Å². The maximum atomic E-state index is 12.7. The van der Waals surface area contributed by atoms with Gasteiger partial charge in [-0.15, -0.1) is 12.4 Å². The number of hydrogen-bond donors (Lipinski definition) is 2. The number of anilines is 1. The number of benzene rings is 2. The normalized spacial score (nSPS) is 10.4. The number of ether oxygens (including phenoxy) is 1. The minimum Gasteiger partial charge on any atom is -0.493 e. The number of para-hydroxylation sites is 1. The zero-order valence-corrected chi connectivity index (χ0v) is 16.7. The van der Waals surface area contributed by atoms with E-state index in [0.717, 1.165) is 0 Å². The Labute approximate surface area is 172 Å². The lowest BCUT2D eigenvalue weighted by atomic mass is 10.1. The topological polar surface area (TPSA) is 71.5 Å². The van der Waals surface area contributed by atoms with Gasteiger partial charge in [-0.25, -0.2) is 0 Å². The molecule has 3 rings (SSSR count). The Bertz CT molecular complexity index is 960. The third kappa shape index (κ3) is 4.28. The first-order chi connectivity index (χ1) is 12.6. The smallest absolute Gasteiger partial charge is 0.258 e. The molecule has 0 radical (unpaired) electrons. The van der Waals surface area contributed by atoms with Crippen LogP contribution in [0.15, 0.2) is 42.6 Å². The Morgan fingerprint density at radius 1 is 1.19 bits per heavy atom. The molecular formula is C19H17Cl3N2O3. The minimum atomic E-state index is -0.431. The SMILES string of the molecule is CCOc1c(CO)cnc2c(NC(=O)c3c(Cl)cccc3Cl)cccc12.Cl. The summed E-state index contributed by atoms with van der Waals surface area (Å²) in [6.45, 7) is 2.11. The Hall–Kier alpha value is -2.05. The third-order valence-corrected chi connectivity index (χ3v) is 4.45. The number of amides is 1. The van der Waals surface area contributed by atoms with Crippen LogP contribution in [0.3, 0.4) is 0 Å². The number of aliphatic hydroxyl groups is 1. The number of nitrogens with one attached hydrogen (secondary N) is 1. The van der Waals surface area contributed by atoms with Crippen molar-refractivity contribution in [3.05, 3.63) is 63.8 Å². The quantitative estimate of drug-likeness (QED) is 0.594. The van der Waals surface area contributed by atoms with Crippen LogP contribution in [0.1, 0.15) is 22.8 Å². The summed E-state index contributed by atoms with van der Waals surface area (Å²) in [6.07, 6.45) is 1.53. The fourth-order valence-electron chi connectivity index (χ4n) is 2.67. The van der Waals surface area contributed by atoms with Crippen LogP contribution >= 0.6 is 35.6 Å². The summed E-state index contributed by atoms with van der Waals surface area (Å²) < 4.78 is 5.67. The molecule has 1 amide bonds. The molecule has 142 valence electrons. The fraction of sp³-hybridized carbons (Fsp3) is 0.158. The van der Waals surface area contributed by atoms with E-state index in [1.807, 2.05) is 13.0 Å². The minimum absolute atomic E-state index is 0. The number of carbonyl (C=O) groups excluding carboxylic acids is 1. The van der Waals surface area contributed by atoms with Crippen molar-refractivity contribution in [1.82, 2.24) is 4.98 Å². The molecule has 0 spiro atoms. The van der Waals surface area contributed by atoms with Gasteiger partial charge in [0.2, 0.25) is 0 Å². The number of nitrogens with zero attached hydrogens (tertiary/aromatic N) is 1. The van der Waals surface area contributed by atoms with Crippen molar-refractivity contribution >= 4 is 58.1 Å². The molecule has 3 aromatic rings. The van der Waals surface area contributed by atoms with E-state index in [0.29, 0.717) is 34.5 Å². The van der Waals surface area contributed by atoms with Gasteiger partial charge < -0.3 is 15.2 Å². The summed E-state index contributed by atoms with van der Waals surface area (Å²) in [5.74, 6) is 0.117. The predicted octanol–water partition coefficient (Wildman–Crippen LogP) is 5.11. The summed E-state index contributed by atoms with van der Waals surface area (Å²) in [4.78, 5) is 17.0. The van der Waals surface area contributed by atoms with Crippen LogP contribution in [0, 0.1) is 0 Å². The molecule has 2 aromatic carbocycles. The number of aliphatic hydroxyl groups excluding tert-OH is 1. The van der Waals surface area contributed by atoms with Crippen LogP contribution < -0.4 is 10.1 Å². The van der Waals surface area contributed by atoms with Gasteiger partial charge in [0, 0.05) is 17.1 Å². The fourth-order valence-corrected chi connectivity index (χ4v) is 3.24. The Morgan fingerprint density at radius 2 is 1.85 bits per heavy atom. The number of fused-ring (bicyclic) bond motifs is 1. The van der Waals surface area contributed by atoms with Gasteiger partial charge in [-0.1, -0.05) is 35.3 Å². The second-order valence-electron chi connectivity index (χ2n) is 5.46. The summed E-state index contributed by atoms with van der Waals surface area (Å²) in [7, 11) is 0. The van der Waals surface area contributed by atoms with Gasteiger partial charge in [0.15, 0.2) is 0 Å². The van der Waals surface area contributed by atoms with Crippen molar-refractivity contribution < 1.29 is 14.6 Å². The Kier molecular flexibility index (Phi) is 7.27. The van der Waals surface area contributed by atoms with E-state index >= 15 is 0 Å². The van der Waals surface area contributed by atoms with E-state index in [4.69, 9.17) is 27.9 Å². The summed E-state index contributed by atoms with van der Waals surface area (Å²) >= 11 is 12.2. The maximum absolute atomic E-state index is 12.7. The molecule has 5 nitrogen and oxygen atoms in total. The first-order valence-corrected chi connectivity index (χ1v) is 8.72. The van der Waals surface area contributed by atoms with Crippen molar-refractivity contribution in [2.75, 3.05) is 11.9 Å². The van der Waals surface area contributed by atoms with Gasteiger partial charge >= 0.3 is 0 Å². The standard InChI is InChI=1S/C19H16Cl2N2O3.ClH/c1-2-26-18-11(10-24)9-22-17-12(18)5-3-8-15(17)23-19(25)16-13(20)6-4-7-14(16)21;/h3-9,24H,2,10H2,1H3,(H,23,25);1H. The van der Waals surface area contributed by atoms with E-state index in [1.54, 1.807) is 30.3 Å². The number of rotatable bonds is 5. The molecular weight excluding hydrogens is 411 g/mol. The lowest BCUT2D eigenvalue weighted by molar-refractivity contribution is 0.102. The van der Waals surface area contributed by atoms with Gasteiger partial charge in [-0.2, -0.15) is 0 Å². The van der Waals surface area contributed by atoms with Crippen LogP contribution in [0.25, 0.3) is 10.9 Å². The van der Waals surface area contributed by atoms with E-state index in [2.05, 4.69) is 10.3 Å². The number of pyridine rings is 1. The maximum Gasteiger partial charge on any atom is 0.258 e. The lowest BCUT2D eigenvalue weighted by Gasteiger charge is -2.14. The highest BCUT2D eigenvalue weighted by Gasteiger charge is 2.17. The second kappa shape index (κ2) is 9.24. The first-order valence-electron chi connectivity index (χ1n) is 7.96. The molecule has 0 unspecified atom stereocenters. The average Bonchev–Trinajstić information content (AvgIpc) is 2.62. The van der Waals surface area contributed by atoms with Gasteiger partial charge in [0.1, 0.15) is 5.75 Å². The molecule has 0 saturated carbocycles. The first kappa shape index (κ1) is 21.3. The predicted molar refractivity (Wildman–Crippen MR) is 110 cm³/mol. The molecule has 0 aliphatic heterocycles. The number of carbonyl (C=O) groups is 1. The van der Waals surface area contributed by atoms with Crippen LogP contribution in [0.4, 0.5) is 5.69 Å². The molecule has 2 N–H and O–H groups in total. The molecule has 0 aliphatic carbocycles. The highest BCUT2D eigenvalue weighted by atomic mass is 35.5. The molecule has 0 saturated heterocycles. The van der Waals surface area contributed by atoms with E-state index in [-0.39, 0.29) is 34.6 Å². The van der Waals surface area contributed by atoms with Crippen molar-refractivity contribution in [1.29, 1.82) is 0 Å². The third-order valence-electron chi connectivity index (χ3n) is 3.82. The Balaban J connectivity index is 0.00000261. The number of hydrogen-bond acceptors (Lipinski definition) is 4. The molecule has 0 aliphatic rings. The summed E-state index contributed by atoms with van der Waals surface area (Å²) in [5, 5.41) is 13.5. The molecule has 1 aromatic heterocycles. The second-order valence-corrected chi connectivity index (χ2v) is 6.27. The molecule has 0 bridgehead atoms. The van der Waals surface area contributed by atoms with Crippen molar-refractivity contribution in [2.24, 2.45) is 0 Å². The van der Waals surface area contributed by atoms with Crippen molar-refractivity contribution in [3.8, 4) is 5.75 Å². The van der Waals surface area contributed by atoms with Crippen LogP contribution in [-0.4, -0.2) is 22.6 Å². The zero-order chi connectivity index (χ0) is 18.7. The van der Waals surface area contributed by atoms with Crippen molar-refractivity contribution in [2.45, 2.75) is 13.5 Å². The summed E-state index contributed by atoms with van der Waals surface area (Å²) in [5.41, 5.74) is 1.82. The zero-order valence-electron chi connectivity index (χ0n) is 14.3. The molecule has 0 atom stereocenters. The summed E-state index contributed by atoms with van der Waals surface area (Å²) in [6, 6.07) is 10.2. The average molecular weight is 428 g/mol. The van der Waals surface area contributed by atoms with Crippen LogP contribution in [-0.2, 0) is 6.61 Å². The van der Waals surface area contributed by atoms with E-state index in [1.165, 1.54) is 6.20 Å². The molecule has 27 heavy (non-hydrogen) atoms. The van der Waals surface area contributed by atoms with E-state index in [9.17, 15) is 9.90 Å². The highest BCUT2D eigenvalue weighted by Crippen LogP contribution is 2.33. The van der Waals surface area contributed by atoms with Crippen LogP contribution in [0.2, 0.25) is 10.0 Å². The number of aromatic nitrogens is 1. The van der Waals surface area contributed by atoms with Crippen LogP contribution in [0.5, 0.6) is 5.75 Å². The molecule has 0 fully saturated rings. The van der Waals surface area contributed by atoms with Crippen molar-refractivity contribution in [3.63, 3.8) is 0 Å². The van der Waals surface area contributed by atoms with E-state index < -0.39 is 5.91 Å². The molecule has 8 heteroatoms. The Morgan fingerprint density at radius 3 is 2.48 bits per heavy atom. The van der Waals surface area contributed by atoms with Gasteiger partial charge in [-0.3, -0.25) is 9.78 Å². The lowest BCUT2D eigenvalue weighted by Crippen LogP contribution is -2.14. The largest absolute Gasteiger partial charge is 0.493 e. The van der Waals surface area contributed by atoms with Gasteiger partial charge in [-0.05, 0) is 31.2 Å². The monoisotopic (exact) mass is 426 g/mol. The highest BCUT2D eigenvalue weighted by molar-refractivity contribution is 6.40.